The van der Waals surface area contributed by atoms with Crippen LogP contribution in [0, 0.1) is 10.1 Å². The molecule has 104 valence electrons. The van der Waals surface area contributed by atoms with Gasteiger partial charge in [0, 0.05) is 16.4 Å². The van der Waals surface area contributed by atoms with Crippen LogP contribution in [-0.4, -0.2) is 4.92 Å². The topological polar surface area (TPSA) is 52.4 Å². The number of nitrogens with zero attached hydrogens (tertiary/aromatic N) is 1. The molecule has 0 heterocycles. The first kappa shape index (κ1) is 15.1. The molecule has 20 heavy (non-hydrogen) atoms. The SMILES string of the molecule is O=[N+]([O-])c1cccc(Cl)c1Oc1ccc(CCl)c(Br)c1. The van der Waals surface area contributed by atoms with Crippen molar-refractivity contribution in [1.29, 1.82) is 0 Å². The summed E-state index contributed by atoms with van der Waals surface area (Å²) in [6.07, 6.45) is 0. The number of nitro benzene ring substituents is 1. The molecule has 0 radical (unpaired) electrons. The highest BCUT2D eigenvalue weighted by Crippen LogP contribution is 2.38. The zero-order valence-electron chi connectivity index (χ0n) is 9.98. The van der Waals surface area contributed by atoms with Gasteiger partial charge in [-0.05, 0) is 23.8 Å². The van der Waals surface area contributed by atoms with Crippen molar-refractivity contribution in [3.8, 4) is 11.5 Å². The Kier molecular flexibility index (Phi) is 4.86. The molecule has 0 aliphatic carbocycles. The van der Waals surface area contributed by atoms with Gasteiger partial charge in [0.2, 0.25) is 5.75 Å². The summed E-state index contributed by atoms with van der Waals surface area (Å²) in [7, 11) is 0. The number of rotatable bonds is 4. The lowest BCUT2D eigenvalue weighted by atomic mass is 10.2. The molecule has 0 aliphatic rings. The molecule has 0 spiro atoms. The molecule has 2 aromatic carbocycles. The number of benzene rings is 2. The van der Waals surface area contributed by atoms with E-state index >= 15 is 0 Å². The summed E-state index contributed by atoms with van der Waals surface area (Å²) in [5.41, 5.74) is 0.711. The third kappa shape index (κ3) is 3.23. The first-order valence-corrected chi connectivity index (χ1v) is 7.18. The van der Waals surface area contributed by atoms with Gasteiger partial charge in [-0.15, -0.1) is 11.6 Å². The minimum Gasteiger partial charge on any atom is -0.448 e. The molecule has 0 aliphatic heterocycles. The van der Waals surface area contributed by atoms with E-state index < -0.39 is 4.92 Å². The molecule has 0 aromatic heterocycles. The van der Waals surface area contributed by atoms with Crippen LogP contribution in [0.15, 0.2) is 40.9 Å². The van der Waals surface area contributed by atoms with E-state index in [1.54, 1.807) is 18.2 Å². The third-order valence-corrected chi connectivity index (χ3v) is 3.86. The van der Waals surface area contributed by atoms with Crippen molar-refractivity contribution in [1.82, 2.24) is 0 Å². The van der Waals surface area contributed by atoms with Crippen molar-refractivity contribution >= 4 is 44.8 Å². The van der Waals surface area contributed by atoms with E-state index in [-0.39, 0.29) is 16.5 Å². The molecule has 0 atom stereocenters. The third-order valence-electron chi connectivity index (χ3n) is 2.53. The highest BCUT2D eigenvalue weighted by molar-refractivity contribution is 9.10. The molecule has 0 saturated carbocycles. The van der Waals surface area contributed by atoms with Crippen LogP contribution >= 0.6 is 39.1 Å². The number of nitro groups is 1. The Hall–Kier alpha value is -1.30. The van der Waals surface area contributed by atoms with Crippen LogP contribution in [0.25, 0.3) is 0 Å². The molecular formula is C13H8BrCl2NO3. The first-order valence-electron chi connectivity index (χ1n) is 5.48. The molecule has 2 rings (SSSR count). The lowest BCUT2D eigenvalue weighted by molar-refractivity contribution is -0.385. The van der Waals surface area contributed by atoms with Crippen LogP contribution in [0.1, 0.15) is 5.56 Å². The van der Waals surface area contributed by atoms with Crippen molar-refractivity contribution in [2.45, 2.75) is 5.88 Å². The smallest absolute Gasteiger partial charge is 0.313 e. The fourth-order valence-corrected chi connectivity index (χ4v) is 2.66. The first-order chi connectivity index (χ1) is 9.52. The maximum atomic E-state index is 11.0. The van der Waals surface area contributed by atoms with E-state index in [4.69, 9.17) is 27.9 Å². The maximum absolute atomic E-state index is 11.0. The Morgan fingerprint density at radius 3 is 2.65 bits per heavy atom. The average Bonchev–Trinajstić information content (AvgIpc) is 2.41. The van der Waals surface area contributed by atoms with E-state index in [9.17, 15) is 10.1 Å². The van der Waals surface area contributed by atoms with Crippen molar-refractivity contribution in [3.63, 3.8) is 0 Å². The molecule has 0 N–H and O–H groups in total. The second kappa shape index (κ2) is 6.43. The van der Waals surface area contributed by atoms with Gasteiger partial charge < -0.3 is 4.74 Å². The zero-order valence-corrected chi connectivity index (χ0v) is 13.1. The predicted molar refractivity (Wildman–Crippen MR) is 81.9 cm³/mol. The van der Waals surface area contributed by atoms with Gasteiger partial charge in [-0.25, -0.2) is 0 Å². The van der Waals surface area contributed by atoms with Crippen molar-refractivity contribution in [2.75, 3.05) is 0 Å². The summed E-state index contributed by atoms with van der Waals surface area (Å²) >= 11 is 15.1. The lowest BCUT2D eigenvalue weighted by Gasteiger charge is -2.09. The van der Waals surface area contributed by atoms with Crippen molar-refractivity contribution in [3.05, 3.63) is 61.6 Å². The average molecular weight is 377 g/mol. The second-order valence-electron chi connectivity index (χ2n) is 3.83. The fourth-order valence-electron chi connectivity index (χ4n) is 1.56. The van der Waals surface area contributed by atoms with Gasteiger partial charge in [-0.2, -0.15) is 0 Å². The van der Waals surface area contributed by atoms with Crippen LogP contribution in [0.3, 0.4) is 0 Å². The number of hydrogen-bond acceptors (Lipinski definition) is 3. The van der Waals surface area contributed by atoms with Crippen LogP contribution in [0.2, 0.25) is 5.02 Å². The number of halogens is 3. The minimum absolute atomic E-state index is 0.0182. The van der Waals surface area contributed by atoms with E-state index in [0.29, 0.717) is 11.6 Å². The van der Waals surface area contributed by atoms with Crippen molar-refractivity contribution in [2.24, 2.45) is 0 Å². The van der Waals surface area contributed by atoms with Crippen molar-refractivity contribution < 1.29 is 9.66 Å². The molecule has 0 amide bonds. The predicted octanol–water partition coefficient (Wildman–Crippen LogP) is 5.54. The summed E-state index contributed by atoms with van der Waals surface area (Å²) in [5.74, 6) is 0.805. The molecule has 0 saturated heterocycles. The Labute approximate surface area is 133 Å². The molecule has 0 bridgehead atoms. The summed E-state index contributed by atoms with van der Waals surface area (Å²) in [4.78, 5) is 10.4. The molecular weight excluding hydrogens is 369 g/mol. The van der Waals surface area contributed by atoms with Gasteiger partial charge >= 0.3 is 5.69 Å². The molecule has 7 heteroatoms. The van der Waals surface area contributed by atoms with Gasteiger partial charge in [-0.1, -0.05) is 39.7 Å². The highest BCUT2D eigenvalue weighted by atomic mass is 79.9. The standard InChI is InChI=1S/C13H8BrCl2NO3/c14-10-6-9(5-4-8(10)7-15)20-13-11(16)2-1-3-12(13)17(18)19/h1-6H,7H2. The second-order valence-corrected chi connectivity index (χ2v) is 5.36. The maximum Gasteiger partial charge on any atom is 0.313 e. The van der Waals surface area contributed by atoms with Crippen LogP contribution in [0.5, 0.6) is 11.5 Å². The fraction of sp³-hybridized carbons (Fsp3) is 0.0769. The van der Waals surface area contributed by atoms with Gasteiger partial charge in [0.15, 0.2) is 0 Å². The molecule has 4 nitrogen and oxygen atoms in total. The zero-order chi connectivity index (χ0) is 14.7. The van der Waals surface area contributed by atoms with Crippen LogP contribution in [0.4, 0.5) is 5.69 Å². The summed E-state index contributed by atoms with van der Waals surface area (Å²) in [6.45, 7) is 0. The van der Waals surface area contributed by atoms with E-state index in [0.717, 1.165) is 10.0 Å². The van der Waals surface area contributed by atoms with Gasteiger partial charge in [0.05, 0.1) is 9.95 Å². The molecule has 0 fully saturated rings. The molecule has 2 aromatic rings. The number of hydrogen-bond donors (Lipinski definition) is 0. The Bertz CT molecular complexity index is 664. The molecule has 0 unspecified atom stereocenters. The van der Waals surface area contributed by atoms with Gasteiger partial charge in [0.1, 0.15) is 5.75 Å². The number of ether oxygens (including phenoxy) is 1. The Morgan fingerprint density at radius 2 is 2.05 bits per heavy atom. The Balaban J connectivity index is 2.39. The lowest BCUT2D eigenvalue weighted by Crippen LogP contribution is -1.94. The summed E-state index contributed by atoms with van der Waals surface area (Å²) in [5, 5.41) is 11.1. The highest BCUT2D eigenvalue weighted by Gasteiger charge is 2.19. The van der Waals surface area contributed by atoms with E-state index in [2.05, 4.69) is 15.9 Å². The quantitative estimate of drug-likeness (QED) is 0.399. The summed E-state index contributed by atoms with van der Waals surface area (Å²) in [6, 6.07) is 9.50. The van der Waals surface area contributed by atoms with E-state index in [1.807, 2.05) is 0 Å². The largest absolute Gasteiger partial charge is 0.448 e. The van der Waals surface area contributed by atoms with Gasteiger partial charge in [0.25, 0.3) is 0 Å². The monoisotopic (exact) mass is 375 g/mol. The Morgan fingerprint density at radius 1 is 1.30 bits per heavy atom. The van der Waals surface area contributed by atoms with Crippen LogP contribution < -0.4 is 4.74 Å². The number of alkyl halides is 1. The van der Waals surface area contributed by atoms with E-state index in [1.165, 1.54) is 18.2 Å². The van der Waals surface area contributed by atoms with Crippen LogP contribution in [-0.2, 0) is 5.88 Å². The number of para-hydroxylation sites is 1. The normalized spacial score (nSPS) is 10.3. The van der Waals surface area contributed by atoms with Gasteiger partial charge in [-0.3, -0.25) is 10.1 Å². The minimum atomic E-state index is -0.538. The summed E-state index contributed by atoms with van der Waals surface area (Å²) < 4.78 is 6.30.